The fraction of sp³-hybridized carbons (Fsp3) is 0.0714. The summed E-state index contributed by atoms with van der Waals surface area (Å²) >= 11 is 0. The number of pyridine rings is 1. The van der Waals surface area contributed by atoms with Gasteiger partial charge in [0.05, 0.1) is 18.2 Å². The van der Waals surface area contributed by atoms with E-state index in [1.54, 1.807) is 0 Å². The van der Waals surface area contributed by atoms with Crippen molar-refractivity contribution in [1.82, 2.24) is 15.8 Å². The fourth-order valence-electron chi connectivity index (χ4n) is 1.53. The van der Waals surface area contributed by atoms with Gasteiger partial charge in [0.15, 0.2) is 0 Å². The van der Waals surface area contributed by atoms with Crippen molar-refractivity contribution >= 4 is 11.8 Å². The van der Waals surface area contributed by atoms with E-state index in [-0.39, 0.29) is 11.1 Å². The van der Waals surface area contributed by atoms with E-state index in [4.69, 9.17) is 4.74 Å². The van der Waals surface area contributed by atoms with E-state index in [9.17, 15) is 14.0 Å². The van der Waals surface area contributed by atoms with Crippen LogP contribution in [-0.2, 0) is 0 Å². The Morgan fingerprint density at radius 3 is 2.43 bits per heavy atom. The Balaban J connectivity index is 1.97. The summed E-state index contributed by atoms with van der Waals surface area (Å²) in [6, 6.07) is 8.45. The van der Waals surface area contributed by atoms with Gasteiger partial charge in [-0.05, 0) is 18.2 Å². The quantitative estimate of drug-likeness (QED) is 0.835. The molecule has 7 heteroatoms. The molecule has 2 rings (SSSR count). The third-order valence-corrected chi connectivity index (χ3v) is 2.62. The summed E-state index contributed by atoms with van der Waals surface area (Å²) in [5, 5.41) is 0. The Morgan fingerprint density at radius 1 is 1.10 bits per heavy atom. The first-order chi connectivity index (χ1) is 10.1. The van der Waals surface area contributed by atoms with Crippen LogP contribution in [0.5, 0.6) is 5.88 Å². The molecule has 21 heavy (non-hydrogen) atoms. The molecule has 1 aromatic heterocycles. The lowest BCUT2D eigenvalue weighted by molar-refractivity contribution is 0.0844. The zero-order valence-corrected chi connectivity index (χ0v) is 11.1. The number of benzene rings is 1. The van der Waals surface area contributed by atoms with Gasteiger partial charge in [-0.2, -0.15) is 0 Å². The zero-order valence-electron chi connectivity index (χ0n) is 11.1. The smallest absolute Gasteiger partial charge is 0.272 e. The monoisotopic (exact) mass is 289 g/mol. The van der Waals surface area contributed by atoms with Gasteiger partial charge >= 0.3 is 0 Å². The molecule has 6 nitrogen and oxygen atoms in total. The Kier molecular flexibility index (Phi) is 4.45. The Labute approximate surface area is 119 Å². The number of hydrogen-bond donors (Lipinski definition) is 2. The summed E-state index contributed by atoms with van der Waals surface area (Å²) in [7, 11) is 1.46. The number of ether oxygens (including phenoxy) is 1. The lowest BCUT2D eigenvalue weighted by Gasteiger charge is -2.08. The molecule has 0 bridgehead atoms. The maximum Gasteiger partial charge on any atom is 0.272 e. The molecule has 2 N–H and O–H groups in total. The largest absolute Gasteiger partial charge is 0.481 e. The van der Waals surface area contributed by atoms with Gasteiger partial charge < -0.3 is 4.74 Å². The van der Waals surface area contributed by atoms with Gasteiger partial charge in [-0.1, -0.05) is 12.1 Å². The number of carbonyl (C=O) groups is 2. The van der Waals surface area contributed by atoms with E-state index < -0.39 is 17.6 Å². The third kappa shape index (κ3) is 3.53. The molecule has 1 aromatic carbocycles. The molecule has 0 aliphatic rings. The van der Waals surface area contributed by atoms with Crippen LogP contribution in [0.1, 0.15) is 20.7 Å². The Hall–Kier alpha value is -2.96. The first kappa shape index (κ1) is 14.4. The molecule has 0 radical (unpaired) electrons. The normalized spacial score (nSPS) is 9.81. The number of carbonyl (C=O) groups excluding carboxylic acids is 2. The molecule has 108 valence electrons. The number of nitrogens with one attached hydrogen (secondary N) is 2. The number of hydrazine groups is 1. The van der Waals surface area contributed by atoms with Crippen molar-refractivity contribution in [2.24, 2.45) is 0 Å². The second-order valence-electron chi connectivity index (χ2n) is 3.98. The van der Waals surface area contributed by atoms with E-state index in [0.717, 1.165) is 6.07 Å². The summed E-state index contributed by atoms with van der Waals surface area (Å²) in [5.41, 5.74) is 4.37. The van der Waals surface area contributed by atoms with Crippen LogP contribution in [0.2, 0.25) is 0 Å². The van der Waals surface area contributed by atoms with Crippen molar-refractivity contribution in [3.63, 3.8) is 0 Å². The second-order valence-corrected chi connectivity index (χ2v) is 3.98. The van der Waals surface area contributed by atoms with Crippen LogP contribution in [-0.4, -0.2) is 23.9 Å². The summed E-state index contributed by atoms with van der Waals surface area (Å²) in [5.74, 6) is -1.63. The fourth-order valence-corrected chi connectivity index (χ4v) is 1.53. The minimum Gasteiger partial charge on any atom is -0.481 e. The summed E-state index contributed by atoms with van der Waals surface area (Å²) in [6.45, 7) is 0. The zero-order chi connectivity index (χ0) is 15.2. The molecule has 2 amide bonds. The van der Waals surface area contributed by atoms with E-state index in [1.807, 2.05) is 0 Å². The van der Waals surface area contributed by atoms with Crippen LogP contribution in [0, 0.1) is 5.82 Å². The van der Waals surface area contributed by atoms with Gasteiger partial charge in [-0.3, -0.25) is 20.4 Å². The van der Waals surface area contributed by atoms with Gasteiger partial charge in [0.25, 0.3) is 11.8 Å². The molecule has 1 heterocycles. The first-order valence-corrected chi connectivity index (χ1v) is 5.97. The minimum atomic E-state index is -0.747. The summed E-state index contributed by atoms with van der Waals surface area (Å²) < 4.78 is 18.2. The highest BCUT2D eigenvalue weighted by Gasteiger charge is 2.12. The molecule has 2 aromatic rings. The summed E-state index contributed by atoms with van der Waals surface area (Å²) in [4.78, 5) is 27.3. The maximum atomic E-state index is 13.4. The first-order valence-electron chi connectivity index (χ1n) is 5.97. The summed E-state index contributed by atoms with van der Waals surface area (Å²) in [6.07, 6.45) is 1.30. The third-order valence-electron chi connectivity index (χ3n) is 2.62. The lowest BCUT2D eigenvalue weighted by atomic mass is 10.2. The van der Waals surface area contributed by atoms with Crippen molar-refractivity contribution in [2.75, 3.05) is 7.11 Å². The SMILES string of the molecule is COc1ccc(C(=O)NNC(=O)c2ccccc2F)cn1. The van der Waals surface area contributed by atoms with E-state index in [2.05, 4.69) is 15.8 Å². The van der Waals surface area contributed by atoms with Gasteiger partial charge in [-0.25, -0.2) is 9.37 Å². The predicted octanol–water partition coefficient (Wildman–Crippen LogP) is 1.30. The molecule has 0 aliphatic heterocycles. The molecular weight excluding hydrogens is 277 g/mol. The highest BCUT2D eigenvalue weighted by atomic mass is 19.1. The Bertz CT molecular complexity index is 659. The molecule has 0 fully saturated rings. The van der Waals surface area contributed by atoms with Crippen LogP contribution in [0.25, 0.3) is 0 Å². The second kappa shape index (κ2) is 6.47. The minimum absolute atomic E-state index is 0.161. The topological polar surface area (TPSA) is 80.3 Å². The molecule has 0 unspecified atom stereocenters. The van der Waals surface area contributed by atoms with Crippen molar-refractivity contribution in [3.8, 4) is 5.88 Å². The maximum absolute atomic E-state index is 13.4. The highest BCUT2D eigenvalue weighted by molar-refractivity contribution is 5.99. The Morgan fingerprint density at radius 2 is 1.81 bits per heavy atom. The van der Waals surface area contributed by atoms with Crippen molar-refractivity contribution in [2.45, 2.75) is 0 Å². The average Bonchev–Trinajstić information content (AvgIpc) is 2.52. The van der Waals surface area contributed by atoms with Crippen LogP contribution < -0.4 is 15.6 Å². The average molecular weight is 289 g/mol. The van der Waals surface area contributed by atoms with Crippen molar-refractivity contribution < 1.29 is 18.7 Å². The number of aromatic nitrogens is 1. The van der Waals surface area contributed by atoms with Gasteiger partial charge in [0, 0.05) is 12.3 Å². The van der Waals surface area contributed by atoms with E-state index >= 15 is 0 Å². The van der Waals surface area contributed by atoms with Gasteiger partial charge in [-0.15, -0.1) is 0 Å². The number of halogens is 1. The van der Waals surface area contributed by atoms with Crippen LogP contribution in [0.3, 0.4) is 0 Å². The van der Waals surface area contributed by atoms with E-state index in [1.165, 1.54) is 43.6 Å². The number of nitrogens with zero attached hydrogens (tertiary/aromatic N) is 1. The number of methoxy groups -OCH3 is 1. The number of rotatable bonds is 3. The van der Waals surface area contributed by atoms with E-state index in [0.29, 0.717) is 5.88 Å². The molecule has 0 aliphatic carbocycles. The van der Waals surface area contributed by atoms with Gasteiger partial charge in [0.2, 0.25) is 5.88 Å². The van der Waals surface area contributed by atoms with Crippen molar-refractivity contribution in [3.05, 3.63) is 59.5 Å². The van der Waals surface area contributed by atoms with Crippen LogP contribution in [0.4, 0.5) is 4.39 Å². The molecule has 0 saturated heterocycles. The lowest BCUT2D eigenvalue weighted by Crippen LogP contribution is -2.42. The predicted molar refractivity (Wildman–Crippen MR) is 72.1 cm³/mol. The number of hydrogen-bond acceptors (Lipinski definition) is 4. The molecular formula is C14H12FN3O3. The molecule has 0 atom stereocenters. The highest BCUT2D eigenvalue weighted by Crippen LogP contribution is 2.07. The van der Waals surface area contributed by atoms with Crippen molar-refractivity contribution in [1.29, 1.82) is 0 Å². The molecule has 0 spiro atoms. The molecule has 0 saturated carbocycles. The van der Waals surface area contributed by atoms with Crippen LogP contribution >= 0.6 is 0 Å². The van der Waals surface area contributed by atoms with Crippen LogP contribution in [0.15, 0.2) is 42.6 Å². The van der Waals surface area contributed by atoms with Gasteiger partial charge in [0.1, 0.15) is 5.82 Å². The standard InChI is InChI=1S/C14H12FN3O3/c1-21-12-7-6-9(8-16-12)13(19)17-18-14(20)10-4-2-3-5-11(10)15/h2-8H,1H3,(H,17,19)(H,18,20). The number of amides is 2.